The van der Waals surface area contributed by atoms with Crippen LogP contribution in [0.3, 0.4) is 0 Å². The van der Waals surface area contributed by atoms with Gasteiger partial charge in [0.05, 0.1) is 15.6 Å². The fraction of sp³-hybridized carbons (Fsp3) is 0. The van der Waals surface area contributed by atoms with Crippen molar-refractivity contribution < 1.29 is 5.11 Å². The lowest BCUT2D eigenvalue weighted by atomic mass is 10.3. The molecule has 0 radical (unpaired) electrons. The maximum atomic E-state index is 11.1. The van der Waals surface area contributed by atoms with E-state index >= 15 is 0 Å². The Morgan fingerprint density at radius 3 is 2.60 bits per heavy atom. The maximum Gasteiger partial charge on any atom is 0.252 e. The molecule has 0 saturated carbocycles. The van der Waals surface area contributed by atoms with Crippen LogP contribution >= 0.6 is 34.8 Å². The first-order chi connectivity index (χ1) is 7.00. The summed E-state index contributed by atoms with van der Waals surface area (Å²) in [4.78, 5) is 17.3. The highest BCUT2D eigenvalue weighted by Crippen LogP contribution is 2.35. The van der Waals surface area contributed by atoms with Gasteiger partial charge in [-0.25, -0.2) is 4.98 Å². The van der Waals surface area contributed by atoms with Gasteiger partial charge < -0.3 is 10.1 Å². The van der Waals surface area contributed by atoms with E-state index in [4.69, 9.17) is 34.8 Å². The minimum Gasteiger partial charge on any atom is -0.505 e. The number of aromatic hydroxyl groups is 1. The van der Waals surface area contributed by atoms with E-state index in [-0.39, 0.29) is 32.0 Å². The van der Waals surface area contributed by atoms with Gasteiger partial charge in [0.2, 0.25) is 0 Å². The Bertz CT molecular complexity index is 609. The number of pyridine rings is 2. The predicted molar refractivity (Wildman–Crippen MR) is 59.1 cm³/mol. The monoisotopic (exact) mass is 264 g/mol. The highest BCUT2D eigenvalue weighted by Gasteiger charge is 2.14. The third-order valence-corrected chi connectivity index (χ3v) is 3.01. The van der Waals surface area contributed by atoms with Crippen molar-refractivity contribution in [1.29, 1.82) is 0 Å². The van der Waals surface area contributed by atoms with Crippen LogP contribution in [0.2, 0.25) is 15.2 Å². The Morgan fingerprint density at radius 1 is 1.27 bits per heavy atom. The fourth-order valence-corrected chi connectivity index (χ4v) is 1.75. The minimum atomic E-state index is -0.498. The molecule has 4 nitrogen and oxygen atoms in total. The lowest BCUT2D eigenvalue weighted by Gasteiger charge is -2.04. The number of aromatic amines is 1. The van der Waals surface area contributed by atoms with Crippen molar-refractivity contribution in [2.45, 2.75) is 0 Å². The molecule has 2 aromatic rings. The molecule has 78 valence electrons. The summed E-state index contributed by atoms with van der Waals surface area (Å²) in [6.45, 7) is 0. The second kappa shape index (κ2) is 3.56. The molecular formula is C8H3Cl3N2O2. The summed E-state index contributed by atoms with van der Waals surface area (Å²) in [6.07, 6.45) is 0. The molecule has 0 fully saturated rings. The largest absolute Gasteiger partial charge is 0.505 e. The number of hydrogen-bond donors (Lipinski definition) is 2. The smallest absolute Gasteiger partial charge is 0.252 e. The molecule has 0 aromatic carbocycles. The Labute approximate surface area is 98.4 Å². The molecule has 2 N–H and O–H groups in total. The lowest BCUT2D eigenvalue weighted by Crippen LogP contribution is -2.04. The normalized spacial score (nSPS) is 10.9. The summed E-state index contributed by atoms with van der Waals surface area (Å²) in [6, 6.07) is 0.982. The van der Waals surface area contributed by atoms with E-state index in [1.807, 2.05) is 0 Å². The zero-order valence-electron chi connectivity index (χ0n) is 7.01. The van der Waals surface area contributed by atoms with Crippen LogP contribution in [-0.4, -0.2) is 15.1 Å². The van der Waals surface area contributed by atoms with Crippen molar-refractivity contribution in [2.75, 3.05) is 0 Å². The van der Waals surface area contributed by atoms with E-state index in [2.05, 4.69) is 9.97 Å². The van der Waals surface area contributed by atoms with Crippen LogP contribution in [0, 0.1) is 0 Å². The Balaban J connectivity index is 3.05. The molecule has 0 aliphatic heterocycles. The van der Waals surface area contributed by atoms with Crippen molar-refractivity contribution in [3.8, 4) is 5.75 Å². The zero-order valence-corrected chi connectivity index (χ0v) is 9.28. The average molecular weight is 265 g/mol. The SMILES string of the molecule is O=c1cc(O)c2nc(Cl)c(Cl)c(Cl)c2[nH]1. The first kappa shape index (κ1) is 10.5. The standard InChI is InChI=1S/C8H3Cl3N2O2/c9-4-5(10)8(11)13-6-2(14)1-3(15)12-7(4)6/h1H,(H2,12,14,15). The van der Waals surface area contributed by atoms with Crippen molar-refractivity contribution in [1.82, 2.24) is 9.97 Å². The average Bonchev–Trinajstić information content (AvgIpc) is 2.17. The summed E-state index contributed by atoms with van der Waals surface area (Å²) in [5, 5.41) is 9.51. The van der Waals surface area contributed by atoms with Crippen LogP contribution < -0.4 is 5.56 Å². The molecule has 0 saturated heterocycles. The van der Waals surface area contributed by atoms with Gasteiger partial charge >= 0.3 is 0 Å². The van der Waals surface area contributed by atoms with Gasteiger partial charge in [0, 0.05) is 6.07 Å². The summed E-state index contributed by atoms with van der Waals surface area (Å²) < 4.78 is 0. The molecular weight excluding hydrogens is 262 g/mol. The van der Waals surface area contributed by atoms with Crippen molar-refractivity contribution in [3.05, 3.63) is 31.6 Å². The molecule has 2 heterocycles. The topological polar surface area (TPSA) is 66.0 Å². The molecule has 0 aliphatic carbocycles. The van der Waals surface area contributed by atoms with Crippen LogP contribution in [0.15, 0.2) is 10.9 Å². The number of aromatic nitrogens is 2. The first-order valence-corrected chi connectivity index (χ1v) is 4.90. The van der Waals surface area contributed by atoms with Crippen LogP contribution in [-0.2, 0) is 0 Å². The molecule has 2 aromatic heterocycles. The molecule has 0 atom stereocenters. The van der Waals surface area contributed by atoms with Gasteiger partial charge in [0.25, 0.3) is 5.56 Å². The van der Waals surface area contributed by atoms with Gasteiger partial charge in [-0.05, 0) is 0 Å². The van der Waals surface area contributed by atoms with Gasteiger partial charge in [-0.1, -0.05) is 34.8 Å². The van der Waals surface area contributed by atoms with Crippen LogP contribution in [0.5, 0.6) is 5.75 Å². The maximum absolute atomic E-state index is 11.1. The van der Waals surface area contributed by atoms with Crippen LogP contribution in [0.1, 0.15) is 0 Å². The highest BCUT2D eigenvalue weighted by atomic mass is 35.5. The number of nitrogens with one attached hydrogen (secondary N) is 1. The van der Waals surface area contributed by atoms with E-state index in [9.17, 15) is 9.90 Å². The number of fused-ring (bicyclic) bond motifs is 1. The van der Waals surface area contributed by atoms with Crippen molar-refractivity contribution >= 4 is 45.8 Å². The Kier molecular flexibility index (Phi) is 2.50. The first-order valence-electron chi connectivity index (χ1n) is 3.77. The van der Waals surface area contributed by atoms with E-state index < -0.39 is 5.56 Å². The molecule has 0 spiro atoms. The van der Waals surface area contributed by atoms with Gasteiger partial charge in [-0.15, -0.1) is 0 Å². The Hall–Kier alpha value is -0.970. The number of H-pyrrole nitrogens is 1. The molecule has 0 bridgehead atoms. The van der Waals surface area contributed by atoms with Gasteiger partial charge in [-0.2, -0.15) is 0 Å². The predicted octanol–water partition coefficient (Wildman–Crippen LogP) is 2.59. The van der Waals surface area contributed by atoms with Gasteiger partial charge in [0.1, 0.15) is 16.4 Å². The van der Waals surface area contributed by atoms with Gasteiger partial charge in [0.15, 0.2) is 0 Å². The summed E-state index contributed by atoms with van der Waals surface area (Å²) in [5.74, 6) is -0.297. The van der Waals surface area contributed by atoms with Crippen molar-refractivity contribution in [3.63, 3.8) is 0 Å². The molecule has 2 rings (SSSR count). The van der Waals surface area contributed by atoms with E-state index in [0.717, 1.165) is 6.07 Å². The van der Waals surface area contributed by atoms with Gasteiger partial charge in [-0.3, -0.25) is 4.79 Å². The number of hydrogen-bond acceptors (Lipinski definition) is 3. The number of halogens is 3. The quantitative estimate of drug-likeness (QED) is 0.720. The molecule has 7 heteroatoms. The molecule has 0 unspecified atom stereocenters. The fourth-order valence-electron chi connectivity index (χ4n) is 1.16. The molecule has 15 heavy (non-hydrogen) atoms. The number of rotatable bonds is 0. The van der Waals surface area contributed by atoms with Crippen LogP contribution in [0.4, 0.5) is 0 Å². The summed E-state index contributed by atoms with van der Waals surface area (Å²) >= 11 is 17.2. The highest BCUT2D eigenvalue weighted by molar-refractivity contribution is 6.49. The third-order valence-electron chi connectivity index (χ3n) is 1.80. The van der Waals surface area contributed by atoms with E-state index in [1.165, 1.54) is 0 Å². The molecule has 0 amide bonds. The second-order valence-corrected chi connectivity index (χ2v) is 3.89. The Morgan fingerprint density at radius 2 is 1.93 bits per heavy atom. The molecule has 0 aliphatic rings. The van der Waals surface area contributed by atoms with Crippen LogP contribution in [0.25, 0.3) is 11.0 Å². The van der Waals surface area contributed by atoms with E-state index in [0.29, 0.717) is 0 Å². The number of nitrogens with zero attached hydrogens (tertiary/aromatic N) is 1. The summed E-state index contributed by atoms with van der Waals surface area (Å²) in [7, 11) is 0. The van der Waals surface area contributed by atoms with E-state index in [1.54, 1.807) is 0 Å². The minimum absolute atomic E-state index is 0.0310. The third kappa shape index (κ3) is 1.65. The zero-order chi connectivity index (χ0) is 11.2. The summed E-state index contributed by atoms with van der Waals surface area (Å²) in [5.41, 5.74) is -0.229. The second-order valence-electron chi connectivity index (χ2n) is 2.77. The lowest BCUT2D eigenvalue weighted by molar-refractivity contribution is 0.479. The van der Waals surface area contributed by atoms with Crippen molar-refractivity contribution in [2.24, 2.45) is 0 Å².